The Morgan fingerprint density at radius 2 is 1.40 bits per heavy atom. The van der Waals surface area contributed by atoms with Gasteiger partial charge in [0.25, 0.3) is 0 Å². The molecule has 0 saturated heterocycles. The second-order valence-electron chi connectivity index (χ2n) is 8.79. The molecule has 0 N–H and O–H groups in total. The summed E-state index contributed by atoms with van der Waals surface area (Å²) in [7, 11) is 0. The molecule has 0 spiro atoms. The Labute approximate surface area is 184 Å². The van der Waals surface area contributed by atoms with Gasteiger partial charge < -0.3 is 4.74 Å². The van der Waals surface area contributed by atoms with Crippen molar-refractivity contribution in [2.45, 2.75) is 78.1 Å². The molecule has 0 radical (unpaired) electrons. The standard InChI is InChI=1S/C29H38O/c1-3-5-7-8-24-9-11-25(12-10-24)13-14-26-15-17-27(18-16-26)28-19-21-29(22-20-28)30-23-6-4-2/h15-22,24-25H,3-12,23H2,1-2H3. The van der Waals surface area contributed by atoms with E-state index in [0.717, 1.165) is 36.7 Å². The van der Waals surface area contributed by atoms with E-state index >= 15 is 0 Å². The molecule has 0 aromatic heterocycles. The van der Waals surface area contributed by atoms with Crippen LogP contribution >= 0.6 is 0 Å². The first kappa shape index (κ1) is 22.5. The zero-order valence-corrected chi connectivity index (χ0v) is 19.0. The van der Waals surface area contributed by atoms with E-state index in [1.54, 1.807) is 0 Å². The van der Waals surface area contributed by atoms with E-state index in [1.165, 1.54) is 62.5 Å². The van der Waals surface area contributed by atoms with Crippen molar-refractivity contribution in [3.8, 4) is 28.7 Å². The maximum atomic E-state index is 5.76. The molecule has 0 aliphatic heterocycles. The zero-order valence-electron chi connectivity index (χ0n) is 19.0. The monoisotopic (exact) mass is 402 g/mol. The van der Waals surface area contributed by atoms with Crippen molar-refractivity contribution >= 4 is 0 Å². The van der Waals surface area contributed by atoms with Gasteiger partial charge in [0.2, 0.25) is 0 Å². The number of unbranched alkanes of at least 4 members (excludes halogenated alkanes) is 3. The Kier molecular flexibility index (Phi) is 9.36. The quantitative estimate of drug-likeness (QED) is 0.303. The van der Waals surface area contributed by atoms with Gasteiger partial charge in [-0.2, -0.15) is 0 Å². The Bertz CT molecular complexity index is 783. The van der Waals surface area contributed by atoms with Crippen molar-refractivity contribution in [2.75, 3.05) is 6.61 Å². The summed E-state index contributed by atoms with van der Waals surface area (Å²) in [5.41, 5.74) is 3.58. The van der Waals surface area contributed by atoms with E-state index in [2.05, 4.69) is 74.2 Å². The molecule has 0 atom stereocenters. The third-order valence-corrected chi connectivity index (χ3v) is 6.32. The molecule has 160 valence electrons. The van der Waals surface area contributed by atoms with Gasteiger partial charge in [-0.05, 0) is 73.4 Å². The first-order valence-electron chi connectivity index (χ1n) is 12.1. The summed E-state index contributed by atoms with van der Waals surface area (Å²) in [4.78, 5) is 0. The van der Waals surface area contributed by atoms with Crippen LogP contribution in [-0.2, 0) is 0 Å². The summed E-state index contributed by atoms with van der Waals surface area (Å²) >= 11 is 0. The number of benzene rings is 2. The molecule has 0 unspecified atom stereocenters. The summed E-state index contributed by atoms with van der Waals surface area (Å²) in [6.45, 7) is 5.27. The summed E-state index contributed by atoms with van der Waals surface area (Å²) in [5.74, 6) is 9.48. The van der Waals surface area contributed by atoms with Gasteiger partial charge in [0, 0.05) is 11.5 Å². The summed E-state index contributed by atoms with van der Waals surface area (Å²) < 4.78 is 5.76. The van der Waals surface area contributed by atoms with Crippen LogP contribution in [0.2, 0.25) is 0 Å². The SMILES string of the molecule is CCCCCC1CCC(C#Cc2ccc(-c3ccc(OCCCC)cc3)cc2)CC1. The number of rotatable bonds is 9. The van der Waals surface area contributed by atoms with Crippen LogP contribution in [0.1, 0.15) is 83.6 Å². The number of hydrogen-bond acceptors (Lipinski definition) is 1. The smallest absolute Gasteiger partial charge is 0.119 e. The van der Waals surface area contributed by atoms with Gasteiger partial charge in [0.05, 0.1) is 6.61 Å². The van der Waals surface area contributed by atoms with Crippen LogP contribution in [0.15, 0.2) is 48.5 Å². The molecule has 1 nitrogen and oxygen atoms in total. The van der Waals surface area contributed by atoms with Crippen LogP contribution in [0.25, 0.3) is 11.1 Å². The average molecular weight is 403 g/mol. The Morgan fingerprint density at radius 1 is 0.767 bits per heavy atom. The lowest BCUT2D eigenvalue weighted by Gasteiger charge is -2.25. The largest absolute Gasteiger partial charge is 0.494 e. The fourth-order valence-electron chi connectivity index (χ4n) is 4.29. The van der Waals surface area contributed by atoms with Gasteiger partial charge in [-0.1, -0.05) is 82.1 Å². The lowest BCUT2D eigenvalue weighted by atomic mass is 9.80. The van der Waals surface area contributed by atoms with E-state index < -0.39 is 0 Å². The van der Waals surface area contributed by atoms with Crippen molar-refractivity contribution < 1.29 is 4.74 Å². The lowest BCUT2D eigenvalue weighted by Crippen LogP contribution is -2.13. The highest BCUT2D eigenvalue weighted by atomic mass is 16.5. The third kappa shape index (κ3) is 7.24. The summed E-state index contributed by atoms with van der Waals surface area (Å²) in [6.07, 6.45) is 13.2. The molecule has 0 amide bonds. The van der Waals surface area contributed by atoms with Crippen molar-refractivity contribution in [1.82, 2.24) is 0 Å². The van der Waals surface area contributed by atoms with Crippen LogP contribution in [0.5, 0.6) is 5.75 Å². The van der Waals surface area contributed by atoms with E-state index in [4.69, 9.17) is 4.74 Å². The molecule has 1 aliphatic rings. The topological polar surface area (TPSA) is 9.23 Å². The van der Waals surface area contributed by atoms with Crippen LogP contribution < -0.4 is 4.74 Å². The predicted molar refractivity (Wildman–Crippen MR) is 129 cm³/mol. The molecule has 1 heteroatoms. The molecule has 3 rings (SSSR count). The van der Waals surface area contributed by atoms with Crippen LogP contribution in [0.3, 0.4) is 0 Å². The second kappa shape index (κ2) is 12.5. The molecular weight excluding hydrogens is 364 g/mol. The van der Waals surface area contributed by atoms with Gasteiger partial charge in [-0.25, -0.2) is 0 Å². The minimum atomic E-state index is 0.590. The molecule has 2 aromatic carbocycles. The van der Waals surface area contributed by atoms with Gasteiger partial charge >= 0.3 is 0 Å². The fraction of sp³-hybridized carbons (Fsp3) is 0.517. The van der Waals surface area contributed by atoms with Crippen LogP contribution in [-0.4, -0.2) is 6.61 Å². The molecule has 0 heterocycles. The number of hydrogen-bond donors (Lipinski definition) is 0. The van der Waals surface area contributed by atoms with Crippen LogP contribution in [0, 0.1) is 23.7 Å². The molecule has 30 heavy (non-hydrogen) atoms. The van der Waals surface area contributed by atoms with Gasteiger partial charge in [0.15, 0.2) is 0 Å². The van der Waals surface area contributed by atoms with E-state index in [9.17, 15) is 0 Å². The molecule has 0 bridgehead atoms. The van der Waals surface area contributed by atoms with Crippen molar-refractivity contribution in [3.63, 3.8) is 0 Å². The predicted octanol–water partition coefficient (Wildman–Crippen LogP) is 8.27. The summed E-state index contributed by atoms with van der Waals surface area (Å²) in [5, 5.41) is 0. The second-order valence-corrected chi connectivity index (χ2v) is 8.79. The maximum absolute atomic E-state index is 5.76. The van der Waals surface area contributed by atoms with Gasteiger partial charge in [0.1, 0.15) is 5.75 Å². The minimum Gasteiger partial charge on any atom is -0.494 e. The molecule has 1 fully saturated rings. The van der Waals surface area contributed by atoms with Crippen molar-refractivity contribution in [3.05, 3.63) is 54.1 Å². The Morgan fingerprint density at radius 3 is 2.03 bits per heavy atom. The van der Waals surface area contributed by atoms with Gasteiger partial charge in [-0.3, -0.25) is 0 Å². The highest BCUT2D eigenvalue weighted by molar-refractivity contribution is 5.65. The molecule has 2 aromatic rings. The summed E-state index contributed by atoms with van der Waals surface area (Å²) in [6, 6.07) is 17.1. The van der Waals surface area contributed by atoms with Crippen LogP contribution in [0.4, 0.5) is 0 Å². The normalized spacial score (nSPS) is 18.5. The van der Waals surface area contributed by atoms with Crippen molar-refractivity contribution in [1.29, 1.82) is 0 Å². The molecule has 1 saturated carbocycles. The molecule has 1 aliphatic carbocycles. The van der Waals surface area contributed by atoms with Gasteiger partial charge in [-0.15, -0.1) is 0 Å². The Balaban J connectivity index is 1.48. The average Bonchev–Trinajstić information content (AvgIpc) is 2.80. The van der Waals surface area contributed by atoms with E-state index in [1.807, 2.05) is 0 Å². The first-order valence-corrected chi connectivity index (χ1v) is 12.1. The first-order chi connectivity index (χ1) is 14.8. The highest BCUT2D eigenvalue weighted by Crippen LogP contribution is 2.31. The van der Waals surface area contributed by atoms with E-state index in [-0.39, 0.29) is 0 Å². The lowest BCUT2D eigenvalue weighted by molar-refractivity contribution is 0.294. The zero-order chi connectivity index (χ0) is 21.0. The van der Waals surface area contributed by atoms with Crippen molar-refractivity contribution in [2.24, 2.45) is 11.8 Å². The molecular formula is C29H38O. The third-order valence-electron chi connectivity index (χ3n) is 6.32. The highest BCUT2D eigenvalue weighted by Gasteiger charge is 2.19. The maximum Gasteiger partial charge on any atom is 0.119 e. The number of ether oxygens (including phenoxy) is 1. The van der Waals surface area contributed by atoms with E-state index in [0.29, 0.717) is 5.92 Å². The minimum absolute atomic E-state index is 0.590. The fourth-order valence-corrected chi connectivity index (χ4v) is 4.29. The Hall–Kier alpha value is -2.20.